The summed E-state index contributed by atoms with van der Waals surface area (Å²) >= 11 is 9.11. The van der Waals surface area contributed by atoms with Gasteiger partial charge in [0.2, 0.25) is 23.6 Å². The number of carbonyl (C=O) groups is 5. The number of sulfone groups is 1. The molecule has 4 aliphatic rings. The van der Waals surface area contributed by atoms with Crippen molar-refractivity contribution in [2.24, 2.45) is 10.8 Å². The van der Waals surface area contributed by atoms with E-state index in [0.29, 0.717) is 43.8 Å². The maximum absolute atomic E-state index is 14.6. The Morgan fingerprint density at radius 2 is 1.47 bits per heavy atom. The normalized spacial score (nSPS) is 19.0. The Kier molecular flexibility index (Phi) is 24.2. The summed E-state index contributed by atoms with van der Waals surface area (Å²) in [7, 11) is -11.2. The van der Waals surface area contributed by atoms with E-state index in [-0.39, 0.29) is 49.2 Å². The summed E-state index contributed by atoms with van der Waals surface area (Å²) < 4.78 is 100. The number of rotatable bonds is 24. The lowest BCUT2D eigenvalue weighted by Gasteiger charge is -2.39. The van der Waals surface area contributed by atoms with Gasteiger partial charge in [0, 0.05) is 111 Å². The molecule has 0 spiro atoms. The lowest BCUT2D eigenvalue weighted by atomic mass is 9.73. The van der Waals surface area contributed by atoms with Gasteiger partial charge in [-0.3, -0.25) is 33.8 Å². The van der Waals surface area contributed by atoms with Gasteiger partial charge in [0.15, 0.2) is 0 Å². The number of thioether (sulfide) groups is 1. The van der Waals surface area contributed by atoms with Crippen molar-refractivity contribution in [3.05, 3.63) is 160 Å². The van der Waals surface area contributed by atoms with Crippen molar-refractivity contribution in [3.63, 3.8) is 0 Å². The molecule has 5 unspecified atom stereocenters. The molecule has 0 saturated carbocycles. The average Bonchev–Trinajstić information content (AvgIpc) is 1.56. The number of allylic oxidation sites excluding steroid dienone is 1. The molecule has 542 valence electrons. The third-order valence-corrected chi connectivity index (χ3v) is 24.4. The molecule has 28 heteroatoms. The van der Waals surface area contributed by atoms with Gasteiger partial charge in [-0.2, -0.15) is 13.2 Å². The van der Waals surface area contributed by atoms with E-state index in [1.807, 2.05) is 90.2 Å². The first-order chi connectivity index (χ1) is 47.7. The largest absolute Gasteiger partial charge is 0.501 e. The van der Waals surface area contributed by atoms with E-state index in [4.69, 9.17) is 11.6 Å². The van der Waals surface area contributed by atoms with E-state index in [0.717, 1.165) is 83.3 Å². The molecular weight excluding hydrogens is 1400 g/mol. The van der Waals surface area contributed by atoms with Gasteiger partial charge in [-0.15, -0.1) is 23.1 Å². The predicted molar refractivity (Wildman–Crippen MR) is 389 cm³/mol. The van der Waals surface area contributed by atoms with Crippen LogP contribution in [0.4, 0.5) is 24.5 Å². The monoisotopic (exact) mass is 1480 g/mol. The lowest BCUT2D eigenvalue weighted by Crippen LogP contribution is -2.58. The number of halogens is 4. The number of anilines is 2. The van der Waals surface area contributed by atoms with Gasteiger partial charge in [-0.25, -0.2) is 26.5 Å². The number of alkyl halides is 3. The fourth-order valence-electron chi connectivity index (χ4n) is 13.4. The van der Waals surface area contributed by atoms with E-state index in [2.05, 4.69) is 56.7 Å². The minimum Gasteiger partial charge on any atom is -0.391 e. The minimum absolute atomic E-state index is 0.0173. The highest BCUT2D eigenvalue weighted by atomic mass is 35.5. The highest BCUT2D eigenvalue weighted by Crippen LogP contribution is 2.44. The number of nitrogens with zero attached hydrogens (tertiary/aromatic N) is 6. The number of β-amino-alcohol motifs (C(OH)–C–C–N with tert-alkyl or cyclic N) is 1. The Morgan fingerprint density at radius 3 is 2.10 bits per heavy atom. The number of hydrogen-bond donors (Lipinski definition) is 5. The fraction of sp³-hybridized carbons (Fsp3) is 0.452. The number of aliphatic hydroxyl groups is 1. The van der Waals surface area contributed by atoms with Crippen LogP contribution in [-0.2, 0) is 39.0 Å². The first-order valence-corrected chi connectivity index (χ1v) is 39.0. The maximum Gasteiger partial charge on any atom is 0.501 e. The number of sulfonamides is 1. The molecule has 101 heavy (non-hydrogen) atoms. The van der Waals surface area contributed by atoms with Gasteiger partial charge in [-0.1, -0.05) is 106 Å². The molecule has 5 amide bonds. The van der Waals surface area contributed by atoms with E-state index >= 15 is 0 Å². The van der Waals surface area contributed by atoms with Crippen molar-refractivity contribution in [1.29, 1.82) is 0 Å². The number of carbonyl (C=O) groups excluding carboxylic acids is 5. The van der Waals surface area contributed by atoms with Crippen LogP contribution in [0, 0.1) is 17.8 Å². The Labute approximate surface area is 602 Å². The SMILES string of the molecule is Cc1ncsc1-c1ccc(C(C)NC(=O)C2CC(O)CN2C(=O)C(NC(=O)CC(=O)N2CCN(CCC(CSc3ccccc3)Nc3ccc(S(=O)(=O)NC(=O)c4ccc(N5CCN(CC6=C(c7ccc(Cl)cc7)CCC(C)(C)C6)CC5)cc4)cc3S(=O)(=O)C(F)(F)F)CC2)C(C)(C)C)cc1. The molecule has 6 aromatic rings. The van der Waals surface area contributed by atoms with Crippen LogP contribution in [0.1, 0.15) is 113 Å². The van der Waals surface area contributed by atoms with Gasteiger partial charge in [0.25, 0.3) is 25.8 Å². The van der Waals surface area contributed by atoms with Crippen molar-refractivity contribution in [1.82, 2.24) is 39.9 Å². The molecule has 0 bridgehead atoms. The number of thiazole rings is 1. The molecule has 5 N–H and O–H groups in total. The third kappa shape index (κ3) is 19.3. The first kappa shape index (κ1) is 76.3. The standard InChI is InChI=1S/C73H88ClF3N10O10S4/c1-47(49-13-15-51(16-14-49)66-48(2)78-46-99-66)79-69(92)62-39-57(88)44-87(62)70(93)67(71(3,4)5)81-64(89)41-65(90)86-37-31-83(32-38-86)30-28-55(45-98-58-11-9-8-10-12-58)80-61-26-25-59(40-63(61)100(94,95)73(75,76)77)101(96,97)82-68(91)52-19-23-56(24-20-52)85-35-33-84(34-36-85)43-53-42-72(6,7)29-27-60(53)50-17-21-54(74)22-18-50/h8-26,40,46-47,55,57,62,67,80,88H,27-39,41-45H2,1-7H3,(H,79,92)(H,81,89)(H,82,91). The van der Waals surface area contributed by atoms with Crippen LogP contribution in [0.25, 0.3) is 16.0 Å². The molecule has 5 aromatic carbocycles. The summed E-state index contributed by atoms with van der Waals surface area (Å²) in [6.45, 7) is 18.6. The molecule has 3 aliphatic heterocycles. The van der Waals surface area contributed by atoms with Crippen LogP contribution in [0.15, 0.2) is 147 Å². The summed E-state index contributed by atoms with van der Waals surface area (Å²) in [5.74, 6) is -3.15. The number of likely N-dealkylation sites (tertiary alicyclic amines) is 1. The Hall–Kier alpha value is -7.37. The van der Waals surface area contributed by atoms with Gasteiger partial charge in [0.05, 0.1) is 38.8 Å². The topological polar surface area (TPSA) is 251 Å². The van der Waals surface area contributed by atoms with E-state index in [1.54, 1.807) is 38.4 Å². The van der Waals surface area contributed by atoms with Crippen LogP contribution in [0.2, 0.25) is 5.02 Å². The molecule has 3 saturated heterocycles. The summed E-state index contributed by atoms with van der Waals surface area (Å²) in [5.41, 5.74) is 2.17. The fourth-order valence-corrected chi connectivity index (χ4v) is 17.3. The lowest BCUT2D eigenvalue weighted by molar-refractivity contribution is -0.145. The van der Waals surface area contributed by atoms with Crippen LogP contribution in [0.3, 0.4) is 0 Å². The second kappa shape index (κ2) is 32.1. The maximum atomic E-state index is 14.6. The van der Waals surface area contributed by atoms with E-state index in [1.165, 1.54) is 61.7 Å². The van der Waals surface area contributed by atoms with E-state index in [9.17, 15) is 59.1 Å². The number of amides is 5. The van der Waals surface area contributed by atoms with Gasteiger partial charge in [0.1, 0.15) is 23.4 Å². The first-order valence-electron chi connectivity index (χ1n) is 33.8. The molecule has 5 atom stereocenters. The highest BCUT2D eigenvalue weighted by Gasteiger charge is 2.49. The highest BCUT2D eigenvalue weighted by molar-refractivity contribution is 7.99. The zero-order valence-corrected chi connectivity index (χ0v) is 61.7. The molecule has 3 fully saturated rings. The van der Waals surface area contributed by atoms with Crippen LogP contribution in [-0.4, -0.2) is 184 Å². The molecular formula is C73H88ClF3N10O10S4. The Balaban J connectivity index is 0.737. The quantitative estimate of drug-likeness (QED) is 0.0279. The zero-order chi connectivity index (χ0) is 72.8. The summed E-state index contributed by atoms with van der Waals surface area (Å²) in [6, 6.07) is 30.0. The summed E-state index contributed by atoms with van der Waals surface area (Å²) in [6.07, 6.45) is 1.69. The average molecular weight is 1490 g/mol. The molecule has 10 rings (SSSR count). The number of hydrogen-bond acceptors (Lipinski definition) is 17. The van der Waals surface area contributed by atoms with Crippen LogP contribution in [0.5, 0.6) is 0 Å². The molecule has 0 radical (unpaired) electrons. The number of aryl methyl sites for hydroxylation is 1. The van der Waals surface area contributed by atoms with Crippen molar-refractivity contribution >= 4 is 101 Å². The molecule has 4 heterocycles. The Bertz CT molecular complexity index is 4220. The number of nitrogens with one attached hydrogen (secondary N) is 4. The van der Waals surface area contributed by atoms with Gasteiger partial charge in [-0.05, 0) is 139 Å². The molecule has 20 nitrogen and oxygen atoms in total. The zero-order valence-electron chi connectivity index (χ0n) is 57.7. The number of aromatic nitrogens is 1. The predicted octanol–water partition coefficient (Wildman–Crippen LogP) is 10.8. The number of benzene rings is 5. The third-order valence-electron chi connectivity index (χ3n) is 19.2. The van der Waals surface area contributed by atoms with Crippen LogP contribution < -0.4 is 25.6 Å². The van der Waals surface area contributed by atoms with Gasteiger partial charge < -0.3 is 35.8 Å². The van der Waals surface area contributed by atoms with Crippen LogP contribution >= 0.6 is 34.7 Å². The number of aliphatic hydroxyl groups excluding tert-OH is 1. The van der Waals surface area contributed by atoms with E-state index < -0.39 is 112 Å². The number of piperazine rings is 2. The van der Waals surface area contributed by atoms with Crippen molar-refractivity contribution in [2.45, 2.75) is 137 Å². The summed E-state index contributed by atoms with van der Waals surface area (Å²) in [5, 5.41) is 20.2. The second-order valence-electron chi connectivity index (χ2n) is 28.3. The second-order valence-corrected chi connectivity index (χ2v) is 34.3. The van der Waals surface area contributed by atoms with Crippen molar-refractivity contribution < 1.29 is 59.1 Å². The molecule has 1 aromatic heterocycles. The molecule has 1 aliphatic carbocycles. The Morgan fingerprint density at radius 1 is 0.812 bits per heavy atom. The van der Waals surface area contributed by atoms with Crippen molar-refractivity contribution in [2.75, 3.05) is 88.0 Å². The smallest absolute Gasteiger partial charge is 0.391 e. The minimum atomic E-state index is -6.22. The van der Waals surface area contributed by atoms with Crippen molar-refractivity contribution in [3.8, 4) is 10.4 Å². The summed E-state index contributed by atoms with van der Waals surface area (Å²) in [4.78, 5) is 82.7. The van der Waals surface area contributed by atoms with Gasteiger partial charge >= 0.3 is 5.51 Å².